The number of carbonyl (C=O) groups excluding carboxylic acids is 2. The van der Waals surface area contributed by atoms with E-state index in [9.17, 15) is 14.9 Å². The van der Waals surface area contributed by atoms with Crippen molar-refractivity contribution in [2.75, 3.05) is 11.9 Å². The van der Waals surface area contributed by atoms with Crippen LogP contribution in [-0.2, 0) is 4.74 Å². The summed E-state index contributed by atoms with van der Waals surface area (Å²) in [7, 11) is 0. The number of aryl methyl sites for hydroxylation is 1. The lowest BCUT2D eigenvalue weighted by Gasteiger charge is -2.11. The van der Waals surface area contributed by atoms with Gasteiger partial charge < -0.3 is 14.6 Å². The molecule has 0 aliphatic carbocycles. The fourth-order valence-electron chi connectivity index (χ4n) is 3.63. The number of hydrogen-bond acceptors (Lipinski definition) is 6. The van der Waals surface area contributed by atoms with Gasteiger partial charge in [0.2, 0.25) is 0 Å². The summed E-state index contributed by atoms with van der Waals surface area (Å²) >= 11 is 0. The highest BCUT2D eigenvalue weighted by Crippen LogP contribution is 2.29. The van der Waals surface area contributed by atoms with E-state index in [1.54, 1.807) is 6.07 Å². The predicted molar refractivity (Wildman–Crippen MR) is 128 cm³/mol. The Hall–Kier alpha value is -4.44. The van der Waals surface area contributed by atoms with Crippen molar-refractivity contribution in [2.24, 2.45) is 0 Å². The standard InChI is InChI=1S/C27H23N3O4/c1-3-4-13-33-27(32)21-14-18(16-28)9-11-23(21)29-26(31)25-22-15-19(10-12-24(22)34-30-25)20-8-6-5-7-17(20)2/h5-12,14-15H,3-4,13H2,1-2H3,(H,29,31). The molecule has 0 aliphatic rings. The predicted octanol–water partition coefficient (Wildman–Crippen LogP) is 5.88. The van der Waals surface area contributed by atoms with Gasteiger partial charge in [-0.15, -0.1) is 0 Å². The Morgan fingerprint density at radius 2 is 1.94 bits per heavy atom. The summed E-state index contributed by atoms with van der Waals surface area (Å²) in [4.78, 5) is 25.7. The maximum atomic E-state index is 13.1. The summed E-state index contributed by atoms with van der Waals surface area (Å²) in [5.41, 5.74) is 4.28. The molecule has 0 aliphatic heterocycles. The van der Waals surface area contributed by atoms with Gasteiger partial charge >= 0.3 is 5.97 Å². The minimum Gasteiger partial charge on any atom is -0.462 e. The Bertz CT molecular complexity index is 1420. The summed E-state index contributed by atoms with van der Waals surface area (Å²) < 4.78 is 10.7. The number of nitriles is 1. The third kappa shape index (κ3) is 4.66. The van der Waals surface area contributed by atoms with Crippen LogP contribution in [0.4, 0.5) is 5.69 Å². The zero-order valence-corrected chi connectivity index (χ0v) is 18.9. The first-order valence-corrected chi connectivity index (χ1v) is 11.0. The molecule has 0 radical (unpaired) electrons. The van der Waals surface area contributed by atoms with Crippen LogP contribution in [0.25, 0.3) is 22.1 Å². The quantitative estimate of drug-likeness (QED) is 0.276. The Labute approximate surface area is 196 Å². The number of hydrogen-bond donors (Lipinski definition) is 1. The Morgan fingerprint density at radius 1 is 1.12 bits per heavy atom. The van der Waals surface area contributed by atoms with Gasteiger partial charge in [-0.3, -0.25) is 4.79 Å². The lowest BCUT2D eigenvalue weighted by atomic mass is 9.99. The monoisotopic (exact) mass is 453 g/mol. The molecule has 0 spiro atoms. The number of carbonyl (C=O) groups is 2. The van der Waals surface area contributed by atoms with E-state index in [4.69, 9.17) is 9.26 Å². The van der Waals surface area contributed by atoms with Gasteiger partial charge in [-0.1, -0.05) is 48.8 Å². The van der Waals surface area contributed by atoms with Crippen molar-refractivity contribution in [2.45, 2.75) is 26.7 Å². The van der Waals surface area contributed by atoms with Crippen molar-refractivity contribution in [1.29, 1.82) is 5.26 Å². The van der Waals surface area contributed by atoms with E-state index in [2.05, 4.69) is 10.5 Å². The number of nitrogens with one attached hydrogen (secondary N) is 1. The molecule has 1 N–H and O–H groups in total. The number of aromatic nitrogens is 1. The molecule has 3 aromatic carbocycles. The molecule has 1 aromatic heterocycles. The number of rotatable bonds is 7. The summed E-state index contributed by atoms with van der Waals surface area (Å²) in [5.74, 6) is -1.14. The molecule has 1 heterocycles. The number of benzene rings is 3. The Balaban J connectivity index is 1.66. The molecular weight excluding hydrogens is 430 g/mol. The number of fused-ring (bicyclic) bond motifs is 1. The molecule has 0 atom stereocenters. The summed E-state index contributed by atoms with van der Waals surface area (Å²) in [6.45, 7) is 4.27. The fraction of sp³-hybridized carbons (Fsp3) is 0.185. The van der Waals surface area contributed by atoms with Crippen molar-refractivity contribution in [3.63, 3.8) is 0 Å². The first kappa shape index (κ1) is 22.7. The van der Waals surface area contributed by atoms with E-state index in [1.807, 2.05) is 56.3 Å². The third-order valence-electron chi connectivity index (χ3n) is 5.49. The van der Waals surface area contributed by atoms with E-state index < -0.39 is 11.9 Å². The van der Waals surface area contributed by atoms with Crippen LogP contribution in [0.15, 0.2) is 65.2 Å². The first-order valence-electron chi connectivity index (χ1n) is 11.0. The van der Waals surface area contributed by atoms with Crippen LogP contribution in [0.5, 0.6) is 0 Å². The highest BCUT2D eigenvalue weighted by molar-refractivity contribution is 6.13. The maximum Gasteiger partial charge on any atom is 0.340 e. The number of amides is 1. The van der Waals surface area contributed by atoms with Gasteiger partial charge in [0.15, 0.2) is 11.3 Å². The van der Waals surface area contributed by atoms with E-state index in [1.165, 1.54) is 18.2 Å². The second-order valence-corrected chi connectivity index (χ2v) is 7.87. The average molecular weight is 453 g/mol. The lowest BCUT2D eigenvalue weighted by Crippen LogP contribution is -2.17. The van der Waals surface area contributed by atoms with Crippen LogP contribution < -0.4 is 5.32 Å². The molecule has 7 heteroatoms. The average Bonchev–Trinajstić information content (AvgIpc) is 3.28. The zero-order chi connectivity index (χ0) is 24.1. The molecule has 4 rings (SSSR count). The lowest BCUT2D eigenvalue weighted by molar-refractivity contribution is 0.0501. The van der Waals surface area contributed by atoms with Crippen LogP contribution in [0.3, 0.4) is 0 Å². The van der Waals surface area contributed by atoms with Crippen molar-refractivity contribution < 1.29 is 18.8 Å². The van der Waals surface area contributed by atoms with Gasteiger partial charge in [0, 0.05) is 0 Å². The normalized spacial score (nSPS) is 10.6. The highest BCUT2D eigenvalue weighted by Gasteiger charge is 2.21. The van der Waals surface area contributed by atoms with Crippen molar-refractivity contribution in [1.82, 2.24) is 5.16 Å². The molecule has 0 saturated heterocycles. The third-order valence-corrected chi connectivity index (χ3v) is 5.49. The summed E-state index contributed by atoms with van der Waals surface area (Å²) in [6.07, 6.45) is 1.60. The number of esters is 1. The molecule has 0 fully saturated rings. The smallest absolute Gasteiger partial charge is 0.340 e. The SMILES string of the molecule is CCCCOC(=O)c1cc(C#N)ccc1NC(=O)c1noc2ccc(-c3ccccc3C)cc12. The topological polar surface area (TPSA) is 105 Å². The largest absolute Gasteiger partial charge is 0.462 e. The maximum absolute atomic E-state index is 13.1. The van der Waals surface area contributed by atoms with E-state index >= 15 is 0 Å². The zero-order valence-electron chi connectivity index (χ0n) is 18.9. The Morgan fingerprint density at radius 3 is 2.71 bits per heavy atom. The van der Waals surface area contributed by atoms with Gasteiger partial charge in [-0.05, 0) is 60.4 Å². The van der Waals surface area contributed by atoms with E-state index in [-0.39, 0.29) is 29.1 Å². The minimum absolute atomic E-state index is 0.0973. The van der Waals surface area contributed by atoms with E-state index in [0.717, 1.165) is 29.5 Å². The van der Waals surface area contributed by atoms with Crippen LogP contribution in [0.1, 0.15) is 51.7 Å². The Kier molecular flexibility index (Phi) is 6.69. The molecule has 0 bridgehead atoms. The van der Waals surface area contributed by atoms with Crippen molar-refractivity contribution >= 4 is 28.5 Å². The second kappa shape index (κ2) is 10.0. The van der Waals surface area contributed by atoms with Gasteiger partial charge in [-0.2, -0.15) is 5.26 Å². The van der Waals surface area contributed by atoms with Gasteiger partial charge in [0.05, 0.1) is 34.9 Å². The number of anilines is 1. The molecule has 34 heavy (non-hydrogen) atoms. The van der Waals surface area contributed by atoms with Crippen molar-refractivity contribution in [3.05, 3.63) is 83.0 Å². The van der Waals surface area contributed by atoms with Crippen LogP contribution in [0, 0.1) is 18.3 Å². The fourth-order valence-corrected chi connectivity index (χ4v) is 3.63. The molecule has 0 unspecified atom stereocenters. The summed E-state index contributed by atoms with van der Waals surface area (Å²) in [5, 5.41) is 16.5. The highest BCUT2D eigenvalue weighted by atomic mass is 16.5. The number of nitrogens with zero attached hydrogens (tertiary/aromatic N) is 2. The van der Waals surface area contributed by atoms with Gasteiger partial charge in [0.1, 0.15) is 0 Å². The van der Waals surface area contributed by atoms with Gasteiger partial charge in [-0.25, -0.2) is 4.79 Å². The molecular formula is C27H23N3O4. The number of ether oxygens (including phenoxy) is 1. The second-order valence-electron chi connectivity index (χ2n) is 7.87. The molecule has 170 valence electrons. The van der Waals surface area contributed by atoms with Crippen LogP contribution in [-0.4, -0.2) is 23.6 Å². The van der Waals surface area contributed by atoms with Gasteiger partial charge in [0.25, 0.3) is 5.91 Å². The molecule has 0 saturated carbocycles. The van der Waals surface area contributed by atoms with Crippen molar-refractivity contribution in [3.8, 4) is 17.2 Å². The minimum atomic E-state index is -0.604. The number of unbranched alkanes of at least 4 members (excludes halogenated alkanes) is 1. The first-order chi connectivity index (χ1) is 16.5. The summed E-state index contributed by atoms with van der Waals surface area (Å²) in [6, 6.07) is 20.0. The van der Waals surface area contributed by atoms with Crippen LogP contribution in [0.2, 0.25) is 0 Å². The molecule has 4 aromatic rings. The van der Waals surface area contributed by atoms with Crippen LogP contribution >= 0.6 is 0 Å². The molecule has 7 nitrogen and oxygen atoms in total. The molecule has 1 amide bonds. The van der Waals surface area contributed by atoms with E-state index in [0.29, 0.717) is 11.0 Å².